The summed E-state index contributed by atoms with van der Waals surface area (Å²) in [7, 11) is 0. The van der Waals surface area contributed by atoms with Gasteiger partial charge < -0.3 is 4.42 Å². The van der Waals surface area contributed by atoms with Crippen LogP contribution < -0.4 is 11.3 Å². The van der Waals surface area contributed by atoms with Gasteiger partial charge in [-0.05, 0) is 12.5 Å². The quantitative estimate of drug-likeness (QED) is 0.480. The molecule has 0 radical (unpaired) electrons. The highest BCUT2D eigenvalue weighted by molar-refractivity contribution is 5.28. The summed E-state index contributed by atoms with van der Waals surface area (Å²) in [5.41, 5.74) is 5.38. The van der Waals surface area contributed by atoms with Gasteiger partial charge in [-0.15, -0.1) is 0 Å². The molecule has 2 rings (SSSR count). The van der Waals surface area contributed by atoms with Crippen molar-refractivity contribution < 1.29 is 4.42 Å². The number of H-pyrrole nitrogens is 1. The average molecular weight is 193 g/mol. The second kappa shape index (κ2) is 3.60. The molecule has 14 heavy (non-hydrogen) atoms. The van der Waals surface area contributed by atoms with Crippen LogP contribution in [0.1, 0.15) is 22.9 Å². The zero-order valence-corrected chi connectivity index (χ0v) is 7.69. The predicted molar refractivity (Wildman–Crippen MR) is 49.0 cm³/mol. The SMILES string of the molecule is Cc1cocc1C(NN)c1cn[nH]n1. The van der Waals surface area contributed by atoms with Gasteiger partial charge in [-0.25, -0.2) is 5.43 Å². The average Bonchev–Trinajstić information content (AvgIpc) is 2.80. The Hall–Kier alpha value is -1.66. The lowest BCUT2D eigenvalue weighted by Crippen LogP contribution is -2.29. The van der Waals surface area contributed by atoms with Crippen molar-refractivity contribution in [2.45, 2.75) is 13.0 Å². The van der Waals surface area contributed by atoms with E-state index in [1.54, 1.807) is 18.7 Å². The molecule has 0 saturated heterocycles. The highest BCUT2D eigenvalue weighted by Crippen LogP contribution is 2.22. The van der Waals surface area contributed by atoms with Crippen LogP contribution in [0.5, 0.6) is 0 Å². The Morgan fingerprint density at radius 2 is 2.43 bits per heavy atom. The van der Waals surface area contributed by atoms with E-state index in [-0.39, 0.29) is 6.04 Å². The molecule has 2 aromatic heterocycles. The summed E-state index contributed by atoms with van der Waals surface area (Å²) in [5, 5.41) is 10.2. The zero-order valence-electron chi connectivity index (χ0n) is 7.69. The highest BCUT2D eigenvalue weighted by Gasteiger charge is 2.18. The molecule has 0 aliphatic heterocycles. The van der Waals surface area contributed by atoms with Gasteiger partial charge in [-0.3, -0.25) is 5.84 Å². The molecule has 0 amide bonds. The number of nitrogens with one attached hydrogen (secondary N) is 2. The Labute approximate surface area is 80.5 Å². The second-order valence-electron chi connectivity index (χ2n) is 3.00. The number of nitrogens with zero attached hydrogens (tertiary/aromatic N) is 2. The number of hydrazine groups is 1. The first kappa shape index (κ1) is 8.92. The molecule has 1 unspecified atom stereocenters. The smallest absolute Gasteiger partial charge is 0.105 e. The minimum absolute atomic E-state index is 0.188. The standard InChI is InChI=1S/C8H11N5O/c1-5-3-14-4-6(5)8(11-9)7-2-10-13-12-7/h2-4,8,11H,9H2,1H3,(H,10,12,13). The third kappa shape index (κ3) is 1.40. The van der Waals surface area contributed by atoms with Crippen LogP contribution in [0, 0.1) is 6.92 Å². The van der Waals surface area contributed by atoms with Crippen molar-refractivity contribution in [3.05, 3.63) is 35.5 Å². The molecule has 0 aliphatic carbocycles. The summed E-state index contributed by atoms with van der Waals surface area (Å²) in [4.78, 5) is 0. The molecule has 0 aliphatic rings. The molecule has 6 heteroatoms. The van der Waals surface area contributed by atoms with Gasteiger partial charge in [-0.1, -0.05) is 0 Å². The van der Waals surface area contributed by atoms with Gasteiger partial charge in [0.25, 0.3) is 0 Å². The molecular formula is C8H11N5O. The van der Waals surface area contributed by atoms with Crippen LogP contribution in [0.3, 0.4) is 0 Å². The van der Waals surface area contributed by atoms with Crippen molar-refractivity contribution >= 4 is 0 Å². The third-order valence-corrected chi connectivity index (χ3v) is 2.10. The lowest BCUT2D eigenvalue weighted by atomic mass is 10.1. The Morgan fingerprint density at radius 1 is 1.57 bits per heavy atom. The molecule has 0 spiro atoms. The van der Waals surface area contributed by atoms with E-state index in [4.69, 9.17) is 10.3 Å². The first-order valence-corrected chi connectivity index (χ1v) is 4.17. The molecule has 4 N–H and O–H groups in total. The minimum Gasteiger partial charge on any atom is -0.472 e. The predicted octanol–water partition coefficient (Wildman–Crippen LogP) is 0.259. The highest BCUT2D eigenvalue weighted by atomic mass is 16.3. The Morgan fingerprint density at radius 3 is 2.93 bits per heavy atom. The fraction of sp³-hybridized carbons (Fsp3) is 0.250. The van der Waals surface area contributed by atoms with Crippen LogP contribution in [-0.2, 0) is 0 Å². The molecule has 1 atom stereocenters. The first-order chi connectivity index (χ1) is 6.83. The van der Waals surface area contributed by atoms with Crippen LogP contribution in [0.25, 0.3) is 0 Å². The summed E-state index contributed by atoms with van der Waals surface area (Å²) in [6.45, 7) is 1.95. The van der Waals surface area contributed by atoms with Gasteiger partial charge in [0.05, 0.1) is 24.8 Å². The molecule has 0 aromatic carbocycles. The second-order valence-corrected chi connectivity index (χ2v) is 3.00. The number of hydrogen-bond acceptors (Lipinski definition) is 5. The van der Waals surface area contributed by atoms with Crippen molar-refractivity contribution in [3.63, 3.8) is 0 Å². The van der Waals surface area contributed by atoms with E-state index in [2.05, 4.69) is 20.8 Å². The van der Waals surface area contributed by atoms with E-state index >= 15 is 0 Å². The van der Waals surface area contributed by atoms with Gasteiger partial charge >= 0.3 is 0 Å². The number of furan rings is 1. The van der Waals surface area contributed by atoms with Crippen LogP contribution in [-0.4, -0.2) is 15.4 Å². The largest absolute Gasteiger partial charge is 0.472 e. The number of aromatic amines is 1. The minimum atomic E-state index is -0.188. The number of rotatable bonds is 3. The maximum atomic E-state index is 5.45. The number of nitrogens with two attached hydrogens (primary N) is 1. The van der Waals surface area contributed by atoms with Gasteiger partial charge in [0, 0.05) is 5.56 Å². The summed E-state index contributed by atoms with van der Waals surface area (Å²) in [6.07, 6.45) is 4.94. The number of aryl methyl sites for hydroxylation is 1. The monoisotopic (exact) mass is 193 g/mol. The summed E-state index contributed by atoms with van der Waals surface area (Å²) in [5.74, 6) is 5.45. The van der Waals surface area contributed by atoms with Crippen LogP contribution >= 0.6 is 0 Å². The summed E-state index contributed by atoms with van der Waals surface area (Å²) >= 11 is 0. The zero-order chi connectivity index (χ0) is 9.97. The van der Waals surface area contributed by atoms with E-state index in [0.29, 0.717) is 0 Å². The van der Waals surface area contributed by atoms with Gasteiger partial charge in [-0.2, -0.15) is 15.4 Å². The molecular weight excluding hydrogens is 182 g/mol. The van der Waals surface area contributed by atoms with Gasteiger partial charge in [0.2, 0.25) is 0 Å². The van der Waals surface area contributed by atoms with Crippen molar-refractivity contribution in [1.29, 1.82) is 0 Å². The van der Waals surface area contributed by atoms with E-state index in [0.717, 1.165) is 16.8 Å². The van der Waals surface area contributed by atoms with Gasteiger partial charge in [0.15, 0.2) is 0 Å². The maximum Gasteiger partial charge on any atom is 0.105 e. The van der Waals surface area contributed by atoms with Crippen molar-refractivity contribution in [1.82, 2.24) is 20.8 Å². The fourth-order valence-electron chi connectivity index (χ4n) is 1.35. The lowest BCUT2D eigenvalue weighted by molar-refractivity contribution is 0.550. The summed E-state index contributed by atoms with van der Waals surface area (Å²) < 4.78 is 5.07. The van der Waals surface area contributed by atoms with Crippen LogP contribution in [0.15, 0.2) is 23.1 Å². The van der Waals surface area contributed by atoms with Crippen LogP contribution in [0.4, 0.5) is 0 Å². The molecule has 0 fully saturated rings. The van der Waals surface area contributed by atoms with E-state index in [1.807, 2.05) is 6.92 Å². The van der Waals surface area contributed by atoms with E-state index in [9.17, 15) is 0 Å². The molecule has 6 nitrogen and oxygen atoms in total. The topological polar surface area (TPSA) is 92.8 Å². The van der Waals surface area contributed by atoms with Gasteiger partial charge in [0.1, 0.15) is 5.69 Å². The Kier molecular flexibility index (Phi) is 2.30. The molecule has 0 saturated carbocycles. The molecule has 74 valence electrons. The first-order valence-electron chi connectivity index (χ1n) is 4.17. The van der Waals surface area contributed by atoms with E-state index in [1.165, 1.54) is 0 Å². The summed E-state index contributed by atoms with van der Waals surface area (Å²) in [6, 6.07) is -0.188. The van der Waals surface area contributed by atoms with Crippen molar-refractivity contribution in [2.75, 3.05) is 0 Å². The van der Waals surface area contributed by atoms with Crippen LogP contribution in [0.2, 0.25) is 0 Å². The molecule has 0 bridgehead atoms. The molecule has 2 heterocycles. The molecule has 2 aromatic rings. The Balaban J connectivity index is 2.36. The van der Waals surface area contributed by atoms with Crippen molar-refractivity contribution in [2.24, 2.45) is 5.84 Å². The third-order valence-electron chi connectivity index (χ3n) is 2.10. The fourth-order valence-corrected chi connectivity index (χ4v) is 1.35. The maximum absolute atomic E-state index is 5.45. The Bertz CT molecular complexity index is 394. The van der Waals surface area contributed by atoms with Crippen molar-refractivity contribution in [3.8, 4) is 0 Å². The normalized spacial score (nSPS) is 13.0. The number of aromatic nitrogens is 3. The lowest BCUT2D eigenvalue weighted by Gasteiger charge is -2.11. The van der Waals surface area contributed by atoms with E-state index < -0.39 is 0 Å². The number of hydrogen-bond donors (Lipinski definition) is 3.